The normalized spacial score (nSPS) is 11.4. The van der Waals surface area contributed by atoms with Crippen LogP contribution in [0.2, 0.25) is 0 Å². The summed E-state index contributed by atoms with van der Waals surface area (Å²) in [6.45, 7) is 2.23. The highest BCUT2D eigenvalue weighted by atomic mass is 32.1. The molecule has 0 unspecified atom stereocenters. The van der Waals surface area contributed by atoms with Crippen LogP contribution in [-0.4, -0.2) is 12.7 Å². The van der Waals surface area contributed by atoms with Gasteiger partial charge < -0.3 is 9.68 Å². The van der Waals surface area contributed by atoms with Gasteiger partial charge in [0.25, 0.3) is 0 Å². The van der Waals surface area contributed by atoms with Crippen molar-refractivity contribution < 1.29 is 9.68 Å². The van der Waals surface area contributed by atoms with Crippen LogP contribution in [0.15, 0.2) is 48.5 Å². The first-order chi connectivity index (χ1) is 11.8. The number of hydrogen-bond donors (Lipinski definition) is 1. The first-order valence-corrected chi connectivity index (χ1v) is 9.24. The van der Waals surface area contributed by atoms with Gasteiger partial charge in [-0.25, -0.2) is 0 Å². The largest absolute Gasteiger partial charge is 0.538 e. The highest BCUT2D eigenvalue weighted by Crippen LogP contribution is 2.44. The molecule has 0 aliphatic carbocycles. The van der Waals surface area contributed by atoms with Crippen molar-refractivity contribution in [2.75, 3.05) is 0 Å². The van der Waals surface area contributed by atoms with Gasteiger partial charge in [-0.05, 0) is 41.3 Å². The molecule has 120 valence electrons. The van der Waals surface area contributed by atoms with Crippen LogP contribution in [0.3, 0.4) is 0 Å². The van der Waals surface area contributed by atoms with E-state index in [9.17, 15) is 5.02 Å². The molecule has 0 bridgehead atoms. The average molecular weight is 334 g/mol. The summed E-state index contributed by atoms with van der Waals surface area (Å²) in [7, 11) is -0.301. The fraction of sp³-hybridized carbons (Fsp3) is 0.200. The van der Waals surface area contributed by atoms with Crippen LogP contribution < -0.4 is 4.65 Å². The molecule has 4 heteroatoms. The number of unbranched alkanes of at least 4 members (excludes halogenated alkanes) is 1. The minimum atomic E-state index is -0.301. The summed E-state index contributed by atoms with van der Waals surface area (Å²) in [6, 6.07) is 17.1. The van der Waals surface area contributed by atoms with Crippen molar-refractivity contribution in [3.05, 3.63) is 54.1 Å². The Hall–Kier alpha value is -2.04. The Morgan fingerprint density at radius 2 is 1.96 bits per heavy atom. The van der Waals surface area contributed by atoms with E-state index >= 15 is 0 Å². The van der Waals surface area contributed by atoms with E-state index in [1.807, 2.05) is 0 Å². The highest BCUT2D eigenvalue weighted by molar-refractivity contribution is 7.26. The van der Waals surface area contributed by atoms with Crippen LogP contribution in [0, 0.1) is 0 Å². The molecule has 1 N–H and O–H groups in total. The van der Waals surface area contributed by atoms with E-state index in [1.54, 1.807) is 11.3 Å². The predicted octanol–water partition coefficient (Wildman–Crippen LogP) is 5.19. The lowest BCUT2D eigenvalue weighted by atomic mass is 9.95. The maximum absolute atomic E-state index is 9.28. The summed E-state index contributed by atoms with van der Waals surface area (Å²) in [6.07, 6.45) is 3.47. The zero-order valence-electron chi connectivity index (χ0n) is 13.7. The van der Waals surface area contributed by atoms with E-state index in [4.69, 9.17) is 4.65 Å². The van der Waals surface area contributed by atoms with Gasteiger partial charge in [-0.3, -0.25) is 0 Å². The Morgan fingerprint density at radius 3 is 2.79 bits per heavy atom. The summed E-state index contributed by atoms with van der Waals surface area (Å²) in [5.41, 5.74) is 1.40. The smallest absolute Gasteiger partial charge is 0.504 e. The molecule has 24 heavy (non-hydrogen) atoms. The van der Waals surface area contributed by atoms with Crippen LogP contribution in [0.1, 0.15) is 25.3 Å². The molecule has 3 aromatic carbocycles. The highest BCUT2D eigenvalue weighted by Gasteiger charge is 2.16. The molecule has 0 fully saturated rings. The molecule has 2 nitrogen and oxygen atoms in total. The van der Waals surface area contributed by atoms with Crippen molar-refractivity contribution in [1.82, 2.24) is 0 Å². The van der Waals surface area contributed by atoms with Crippen molar-refractivity contribution in [1.29, 1.82) is 0 Å². The maximum Gasteiger partial charge on any atom is 0.504 e. The summed E-state index contributed by atoms with van der Waals surface area (Å²) in [4.78, 5) is 0. The molecule has 0 saturated carbocycles. The second-order valence-electron chi connectivity index (χ2n) is 6.07. The summed E-state index contributed by atoms with van der Waals surface area (Å²) < 4.78 is 7.93. The third-order valence-electron chi connectivity index (χ3n) is 4.56. The third kappa shape index (κ3) is 2.47. The van der Waals surface area contributed by atoms with E-state index < -0.39 is 0 Å². The quantitative estimate of drug-likeness (QED) is 0.509. The van der Waals surface area contributed by atoms with E-state index in [1.165, 1.54) is 44.6 Å². The summed E-state index contributed by atoms with van der Waals surface area (Å²) >= 11 is 1.74. The van der Waals surface area contributed by atoms with Crippen LogP contribution in [-0.2, 0) is 6.42 Å². The molecule has 0 aliphatic rings. The van der Waals surface area contributed by atoms with Crippen molar-refractivity contribution in [3.63, 3.8) is 0 Å². The fourth-order valence-corrected chi connectivity index (χ4v) is 4.65. The first-order valence-electron chi connectivity index (χ1n) is 8.43. The van der Waals surface area contributed by atoms with E-state index in [2.05, 4.69) is 55.5 Å². The summed E-state index contributed by atoms with van der Waals surface area (Å²) in [5, 5.41) is 14.3. The average Bonchev–Trinajstić information content (AvgIpc) is 3.00. The molecule has 0 radical (unpaired) electrons. The van der Waals surface area contributed by atoms with Crippen LogP contribution in [0.5, 0.6) is 5.75 Å². The van der Waals surface area contributed by atoms with Gasteiger partial charge in [0.2, 0.25) is 0 Å². The Morgan fingerprint density at radius 1 is 1.08 bits per heavy atom. The molecular weight excluding hydrogens is 315 g/mol. The van der Waals surface area contributed by atoms with Crippen molar-refractivity contribution in [2.45, 2.75) is 26.2 Å². The standard InChI is InChI=1S/C20H19BO2S/c1-2-3-7-13-8-6-9-14-12-16(23-21-22)20-19(18(13)14)15-10-4-5-11-17(15)24-20/h4-6,8-12,21-22H,2-3,7H2,1H3. The third-order valence-corrected chi connectivity index (χ3v) is 5.74. The van der Waals surface area contributed by atoms with Gasteiger partial charge in [0, 0.05) is 15.5 Å². The number of fused-ring (bicyclic) bond motifs is 5. The molecule has 0 atom stereocenters. The van der Waals surface area contributed by atoms with Gasteiger partial charge in [0.15, 0.2) is 0 Å². The van der Waals surface area contributed by atoms with Gasteiger partial charge in [0.1, 0.15) is 5.75 Å². The molecule has 4 aromatic rings. The Labute approximate surface area is 146 Å². The Kier molecular flexibility index (Phi) is 4.17. The summed E-state index contributed by atoms with van der Waals surface area (Å²) in [5.74, 6) is 0.772. The fourth-order valence-electron chi connectivity index (χ4n) is 3.47. The van der Waals surface area contributed by atoms with E-state index in [0.717, 1.165) is 16.9 Å². The van der Waals surface area contributed by atoms with E-state index in [0.29, 0.717) is 0 Å². The molecule has 0 spiro atoms. The second-order valence-corrected chi connectivity index (χ2v) is 7.12. The number of aryl methyl sites for hydroxylation is 1. The molecule has 0 aliphatic heterocycles. The number of thiophene rings is 1. The minimum Gasteiger partial charge on any atom is -0.538 e. The minimum absolute atomic E-state index is 0.301. The lowest BCUT2D eigenvalue weighted by molar-refractivity contribution is 0.457. The number of hydrogen-bond acceptors (Lipinski definition) is 3. The van der Waals surface area contributed by atoms with Crippen molar-refractivity contribution in [2.24, 2.45) is 0 Å². The van der Waals surface area contributed by atoms with Gasteiger partial charge >= 0.3 is 7.69 Å². The topological polar surface area (TPSA) is 29.5 Å². The van der Waals surface area contributed by atoms with Gasteiger partial charge in [-0.15, -0.1) is 11.3 Å². The molecule has 1 aromatic heterocycles. The molecule has 1 heterocycles. The van der Waals surface area contributed by atoms with Crippen LogP contribution >= 0.6 is 11.3 Å². The van der Waals surface area contributed by atoms with Gasteiger partial charge in [0.05, 0.1) is 4.70 Å². The van der Waals surface area contributed by atoms with Crippen LogP contribution in [0.25, 0.3) is 30.9 Å². The van der Waals surface area contributed by atoms with Gasteiger partial charge in [-0.1, -0.05) is 49.7 Å². The van der Waals surface area contributed by atoms with Crippen LogP contribution in [0.4, 0.5) is 0 Å². The molecule has 0 amide bonds. The SMILES string of the molecule is CCCCc1cccc2cc(OBO)c3sc4ccccc4c3c12. The monoisotopic (exact) mass is 334 g/mol. The van der Waals surface area contributed by atoms with Crippen molar-refractivity contribution >= 4 is 50.0 Å². The molecule has 4 rings (SSSR count). The Bertz CT molecular complexity index is 1020. The van der Waals surface area contributed by atoms with E-state index in [-0.39, 0.29) is 7.69 Å². The molecular formula is C20H19BO2S. The van der Waals surface area contributed by atoms with Crippen molar-refractivity contribution in [3.8, 4) is 5.75 Å². The maximum atomic E-state index is 9.28. The Balaban J connectivity index is 2.15. The lowest BCUT2D eigenvalue weighted by Gasteiger charge is -2.11. The zero-order chi connectivity index (χ0) is 16.5. The predicted molar refractivity (Wildman–Crippen MR) is 105 cm³/mol. The second kappa shape index (κ2) is 6.46. The first kappa shape index (κ1) is 15.5. The molecule has 0 saturated heterocycles. The number of rotatable bonds is 5. The number of benzene rings is 3. The lowest BCUT2D eigenvalue weighted by Crippen LogP contribution is -2.00. The van der Waals surface area contributed by atoms with Gasteiger partial charge in [-0.2, -0.15) is 0 Å². The zero-order valence-corrected chi connectivity index (χ0v) is 14.5.